The van der Waals surface area contributed by atoms with Crippen LogP contribution < -0.4 is 5.32 Å². The number of carbonyl (C=O) groups is 1. The molecule has 4 heteroatoms. The van der Waals surface area contributed by atoms with Gasteiger partial charge in [-0.1, -0.05) is 17.9 Å². The Bertz CT molecular complexity index is 710. The maximum absolute atomic E-state index is 12.1. The van der Waals surface area contributed by atoms with Crippen LogP contribution in [0, 0.1) is 25.7 Å². The van der Waals surface area contributed by atoms with Gasteiger partial charge >= 0.3 is 0 Å². The Kier molecular flexibility index (Phi) is 4.70. The number of aliphatic hydroxyl groups is 1. The van der Waals surface area contributed by atoms with Crippen molar-refractivity contribution in [3.05, 3.63) is 58.9 Å². The molecular formula is C17H16N2O2. The SMILES string of the molecule is Cc1ccc(C(=O)Nc2ccc(C)c(C#CCO)c2)cn1. The fourth-order valence-corrected chi connectivity index (χ4v) is 1.77. The van der Waals surface area contributed by atoms with Crippen molar-refractivity contribution in [2.24, 2.45) is 0 Å². The Balaban J connectivity index is 2.19. The number of anilines is 1. The highest BCUT2D eigenvalue weighted by Gasteiger charge is 2.07. The van der Waals surface area contributed by atoms with Crippen molar-refractivity contribution in [1.29, 1.82) is 0 Å². The van der Waals surface area contributed by atoms with Crippen LogP contribution in [-0.2, 0) is 0 Å². The summed E-state index contributed by atoms with van der Waals surface area (Å²) in [4.78, 5) is 16.2. The largest absolute Gasteiger partial charge is 0.384 e. The van der Waals surface area contributed by atoms with Gasteiger partial charge in [-0.2, -0.15) is 0 Å². The fourth-order valence-electron chi connectivity index (χ4n) is 1.77. The molecule has 0 fully saturated rings. The van der Waals surface area contributed by atoms with E-state index in [1.54, 1.807) is 24.4 Å². The monoisotopic (exact) mass is 280 g/mol. The third-order valence-electron chi connectivity index (χ3n) is 2.97. The number of hydrogen-bond acceptors (Lipinski definition) is 3. The van der Waals surface area contributed by atoms with Crippen molar-refractivity contribution in [3.8, 4) is 11.8 Å². The lowest BCUT2D eigenvalue weighted by atomic mass is 10.1. The van der Waals surface area contributed by atoms with E-state index in [-0.39, 0.29) is 12.5 Å². The number of pyridine rings is 1. The van der Waals surface area contributed by atoms with E-state index in [0.29, 0.717) is 11.3 Å². The molecule has 0 bridgehead atoms. The van der Waals surface area contributed by atoms with Crippen molar-refractivity contribution in [2.75, 3.05) is 11.9 Å². The highest BCUT2D eigenvalue weighted by molar-refractivity contribution is 6.04. The van der Waals surface area contributed by atoms with Crippen LogP contribution >= 0.6 is 0 Å². The predicted molar refractivity (Wildman–Crippen MR) is 82.1 cm³/mol. The van der Waals surface area contributed by atoms with E-state index in [1.165, 1.54) is 0 Å². The summed E-state index contributed by atoms with van der Waals surface area (Å²) in [6.07, 6.45) is 1.55. The molecule has 0 radical (unpaired) electrons. The van der Waals surface area contributed by atoms with Gasteiger partial charge in [-0.15, -0.1) is 0 Å². The van der Waals surface area contributed by atoms with E-state index < -0.39 is 0 Å². The summed E-state index contributed by atoms with van der Waals surface area (Å²) in [5.74, 6) is 5.25. The standard InChI is InChI=1S/C17H16N2O2/c1-12-5-8-16(10-14(12)4-3-9-20)19-17(21)15-7-6-13(2)18-11-15/h5-8,10-11,20H,9H2,1-2H3,(H,19,21). The van der Waals surface area contributed by atoms with Gasteiger partial charge in [0.1, 0.15) is 6.61 Å². The molecule has 21 heavy (non-hydrogen) atoms. The van der Waals surface area contributed by atoms with Gasteiger partial charge in [0.25, 0.3) is 5.91 Å². The maximum atomic E-state index is 12.1. The number of carbonyl (C=O) groups excluding carboxylic acids is 1. The van der Waals surface area contributed by atoms with Crippen LogP contribution in [0.5, 0.6) is 0 Å². The van der Waals surface area contributed by atoms with Crippen LogP contribution in [-0.4, -0.2) is 22.6 Å². The van der Waals surface area contributed by atoms with Crippen molar-refractivity contribution in [1.82, 2.24) is 4.98 Å². The van der Waals surface area contributed by atoms with Crippen LogP contribution in [0.2, 0.25) is 0 Å². The molecule has 1 amide bonds. The molecule has 0 saturated carbocycles. The Morgan fingerprint density at radius 3 is 2.76 bits per heavy atom. The molecule has 0 aliphatic heterocycles. The summed E-state index contributed by atoms with van der Waals surface area (Å²) < 4.78 is 0. The van der Waals surface area contributed by atoms with E-state index in [4.69, 9.17) is 5.11 Å². The molecule has 0 aliphatic carbocycles. The van der Waals surface area contributed by atoms with E-state index in [2.05, 4.69) is 22.1 Å². The van der Waals surface area contributed by atoms with Crippen LogP contribution in [0.1, 0.15) is 27.2 Å². The zero-order chi connectivity index (χ0) is 15.2. The van der Waals surface area contributed by atoms with Crippen molar-refractivity contribution >= 4 is 11.6 Å². The molecule has 2 rings (SSSR count). The molecule has 2 N–H and O–H groups in total. The zero-order valence-corrected chi connectivity index (χ0v) is 12.0. The van der Waals surface area contributed by atoms with Gasteiger partial charge in [-0.05, 0) is 43.7 Å². The molecule has 106 valence electrons. The number of amides is 1. The normalized spacial score (nSPS) is 9.67. The Morgan fingerprint density at radius 2 is 2.10 bits per heavy atom. The number of benzene rings is 1. The smallest absolute Gasteiger partial charge is 0.257 e. The van der Waals surface area contributed by atoms with Crippen LogP contribution in [0.15, 0.2) is 36.5 Å². The molecule has 0 spiro atoms. The van der Waals surface area contributed by atoms with Gasteiger partial charge < -0.3 is 10.4 Å². The first-order valence-corrected chi connectivity index (χ1v) is 6.54. The summed E-state index contributed by atoms with van der Waals surface area (Å²) in [6, 6.07) is 9.02. The number of nitrogens with zero attached hydrogens (tertiary/aromatic N) is 1. The van der Waals surface area contributed by atoms with Gasteiger partial charge in [0.15, 0.2) is 0 Å². The number of aliphatic hydroxyl groups excluding tert-OH is 1. The molecule has 0 aliphatic rings. The van der Waals surface area contributed by atoms with Gasteiger partial charge in [-0.3, -0.25) is 9.78 Å². The number of nitrogens with one attached hydrogen (secondary N) is 1. The van der Waals surface area contributed by atoms with Crippen molar-refractivity contribution in [2.45, 2.75) is 13.8 Å². The van der Waals surface area contributed by atoms with E-state index >= 15 is 0 Å². The Morgan fingerprint density at radius 1 is 1.29 bits per heavy atom. The second-order valence-corrected chi connectivity index (χ2v) is 4.63. The van der Waals surface area contributed by atoms with E-state index in [1.807, 2.05) is 26.0 Å². The lowest BCUT2D eigenvalue weighted by Gasteiger charge is -2.07. The minimum Gasteiger partial charge on any atom is -0.384 e. The van der Waals surface area contributed by atoms with Gasteiger partial charge in [0.2, 0.25) is 0 Å². The Hall–Kier alpha value is -2.64. The molecule has 4 nitrogen and oxygen atoms in total. The summed E-state index contributed by atoms with van der Waals surface area (Å²) in [6.45, 7) is 3.61. The van der Waals surface area contributed by atoms with E-state index in [0.717, 1.165) is 16.8 Å². The lowest BCUT2D eigenvalue weighted by molar-refractivity contribution is 0.102. The first-order valence-electron chi connectivity index (χ1n) is 6.54. The molecule has 0 atom stereocenters. The van der Waals surface area contributed by atoms with Crippen LogP contribution in [0.25, 0.3) is 0 Å². The first kappa shape index (κ1) is 14.8. The minimum atomic E-state index is -0.215. The molecule has 0 unspecified atom stereocenters. The molecule has 0 saturated heterocycles. The average Bonchev–Trinajstić information content (AvgIpc) is 2.48. The molecular weight excluding hydrogens is 264 g/mol. The molecule has 1 aromatic heterocycles. The number of rotatable bonds is 2. The fraction of sp³-hybridized carbons (Fsp3) is 0.176. The predicted octanol–water partition coefficient (Wildman–Crippen LogP) is 2.29. The van der Waals surface area contributed by atoms with Gasteiger partial charge in [-0.25, -0.2) is 0 Å². The number of aromatic nitrogens is 1. The third-order valence-corrected chi connectivity index (χ3v) is 2.97. The second kappa shape index (κ2) is 6.69. The average molecular weight is 280 g/mol. The molecule has 2 aromatic rings. The van der Waals surface area contributed by atoms with Crippen molar-refractivity contribution < 1.29 is 9.90 Å². The summed E-state index contributed by atoms with van der Waals surface area (Å²) >= 11 is 0. The topological polar surface area (TPSA) is 62.2 Å². The van der Waals surface area contributed by atoms with E-state index in [9.17, 15) is 4.79 Å². The zero-order valence-electron chi connectivity index (χ0n) is 12.0. The first-order chi connectivity index (χ1) is 10.1. The van der Waals surface area contributed by atoms with Gasteiger partial charge in [0.05, 0.1) is 5.56 Å². The van der Waals surface area contributed by atoms with Gasteiger partial charge in [0, 0.05) is 23.1 Å². The summed E-state index contributed by atoms with van der Waals surface area (Å²) in [5, 5.41) is 11.6. The second-order valence-electron chi connectivity index (χ2n) is 4.63. The maximum Gasteiger partial charge on any atom is 0.257 e. The highest BCUT2D eigenvalue weighted by atomic mass is 16.2. The third kappa shape index (κ3) is 3.91. The van der Waals surface area contributed by atoms with Crippen molar-refractivity contribution in [3.63, 3.8) is 0 Å². The minimum absolute atomic E-state index is 0.189. The molecule has 1 aromatic carbocycles. The Labute approximate surface area is 123 Å². The molecule has 1 heterocycles. The number of hydrogen-bond donors (Lipinski definition) is 2. The summed E-state index contributed by atoms with van der Waals surface area (Å²) in [7, 11) is 0. The highest BCUT2D eigenvalue weighted by Crippen LogP contribution is 2.15. The van der Waals surface area contributed by atoms with Crippen LogP contribution in [0.3, 0.4) is 0 Å². The van der Waals surface area contributed by atoms with Crippen LogP contribution in [0.4, 0.5) is 5.69 Å². The number of aryl methyl sites for hydroxylation is 2. The lowest BCUT2D eigenvalue weighted by Crippen LogP contribution is -2.12. The quantitative estimate of drug-likeness (QED) is 0.830. The summed E-state index contributed by atoms with van der Waals surface area (Å²) in [5.41, 5.74) is 3.80.